The molecule has 0 aromatic carbocycles. The van der Waals surface area contributed by atoms with Crippen LogP contribution in [-0.4, -0.2) is 29.7 Å². The third-order valence-corrected chi connectivity index (χ3v) is 5.39. The highest BCUT2D eigenvalue weighted by molar-refractivity contribution is 5.83. The van der Waals surface area contributed by atoms with Gasteiger partial charge in [-0.05, 0) is 56.8 Å². The monoisotopic (exact) mass is 265 g/mol. The van der Waals surface area contributed by atoms with Crippen molar-refractivity contribution in [2.45, 2.75) is 52.9 Å². The molecule has 2 saturated carbocycles. The van der Waals surface area contributed by atoms with E-state index in [9.17, 15) is 9.59 Å². The topological polar surface area (TPSA) is 37.4 Å². The lowest BCUT2D eigenvalue weighted by molar-refractivity contribution is -0.133. The van der Waals surface area contributed by atoms with Gasteiger partial charge in [0.15, 0.2) is 0 Å². The summed E-state index contributed by atoms with van der Waals surface area (Å²) in [6, 6.07) is 0. The van der Waals surface area contributed by atoms with Gasteiger partial charge in [0.25, 0.3) is 0 Å². The van der Waals surface area contributed by atoms with E-state index in [4.69, 9.17) is 0 Å². The molecular weight excluding hydrogens is 238 g/mol. The highest BCUT2D eigenvalue weighted by Crippen LogP contribution is 2.52. The second kappa shape index (κ2) is 6.06. The SMILES string of the molecule is CCN(CC1C2CCC(C2)C1C)C(=O)CCC(C)=O. The smallest absolute Gasteiger partial charge is 0.223 e. The molecule has 2 aliphatic rings. The zero-order chi connectivity index (χ0) is 14.0. The Morgan fingerprint density at radius 1 is 1.16 bits per heavy atom. The van der Waals surface area contributed by atoms with Crippen LogP contribution in [0.4, 0.5) is 0 Å². The normalized spacial score (nSPS) is 32.6. The summed E-state index contributed by atoms with van der Waals surface area (Å²) >= 11 is 0. The summed E-state index contributed by atoms with van der Waals surface area (Å²) in [7, 11) is 0. The molecule has 2 fully saturated rings. The molecule has 0 saturated heterocycles. The summed E-state index contributed by atoms with van der Waals surface area (Å²) in [5.41, 5.74) is 0. The lowest BCUT2D eigenvalue weighted by atomic mass is 9.80. The fourth-order valence-corrected chi connectivity index (χ4v) is 4.12. The number of carbonyl (C=O) groups excluding carboxylic acids is 2. The van der Waals surface area contributed by atoms with E-state index in [1.54, 1.807) is 6.92 Å². The Labute approximate surface area is 116 Å². The van der Waals surface area contributed by atoms with Gasteiger partial charge in [-0.3, -0.25) is 4.79 Å². The van der Waals surface area contributed by atoms with E-state index in [2.05, 4.69) is 6.92 Å². The molecule has 0 heterocycles. The highest BCUT2D eigenvalue weighted by Gasteiger charge is 2.45. The molecule has 0 N–H and O–H groups in total. The van der Waals surface area contributed by atoms with E-state index in [1.165, 1.54) is 19.3 Å². The molecule has 3 nitrogen and oxygen atoms in total. The number of hydrogen-bond acceptors (Lipinski definition) is 2. The number of nitrogens with zero attached hydrogens (tertiary/aromatic N) is 1. The number of fused-ring (bicyclic) bond motifs is 2. The average Bonchev–Trinajstić information content (AvgIpc) is 2.95. The van der Waals surface area contributed by atoms with E-state index in [1.807, 2.05) is 11.8 Å². The van der Waals surface area contributed by atoms with Crippen molar-refractivity contribution in [1.29, 1.82) is 0 Å². The van der Waals surface area contributed by atoms with E-state index in [-0.39, 0.29) is 11.7 Å². The number of amides is 1. The van der Waals surface area contributed by atoms with Crippen molar-refractivity contribution in [3.8, 4) is 0 Å². The number of hydrogen-bond donors (Lipinski definition) is 0. The zero-order valence-corrected chi connectivity index (χ0v) is 12.5. The molecule has 3 heteroatoms. The Hall–Kier alpha value is -0.860. The van der Waals surface area contributed by atoms with Gasteiger partial charge in [0, 0.05) is 25.9 Å². The van der Waals surface area contributed by atoms with Crippen LogP contribution in [-0.2, 0) is 9.59 Å². The summed E-state index contributed by atoms with van der Waals surface area (Å²) in [4.78, 5) is 25.1. The molecule has 0 aliphatic heterocycles. The van der Waals surface area contributed by atoms with Gasteiger partial charge in [-0.2, -0.15) is 0 Å². The summed E-state index contributed by atoms with van der Waals surface area (Å²) in [5.74, 6) is 3.48. The third kappa shape index (κ3) is 3.18. The largest absolute Gasteiger partial charge is 0.343 e. The molecule has 0 spiro atoms. The first kappa shape index (κ1) is 14.5. The van der Waals surface area contributed by atoms with Gasteiger partial charge in [-0.1, -0.05) is 6.92 Å². The number of Topliss-reactive ketones (excluding diaryl/α,β-unsaturated/α-hetero) is 1. The lowest BCUT2D eigenvalue weighted by Gasteiger charge is -2.33. The van der Waals surface area contributed by atoms with Crippen LogP contribution in [0.15, 0.2) is 0 Å². The van der Waals surface area contributed by atoms with Crippen LogP contribution in [0, 0.1) is 23.7 Å². The Morgan fingerprint density at radius 2 is 1.84 bits per heavy atom. The molecule has 0 aromatic heterocycles. The molecule has 19 heavy (non-hydrogen) atoms. The van der Waals surface area contributed by atoms with Gasteiger partial charge in [0.1, 0.15) is 5.78 Å². The molecule has 2 bridgehead atoms. The summed E-state index contributed by atoms with van der Waals surface area (Å²) in [6.45, 7) is 7.65. The molecule has 0 aromatic rings. The van der Waals surface area contributed by atoms with Crippen LogP contribution in [0.3, 0.4) is 0 Å². The van der Waals surface area contributed by atoms with Crippen LogP contribution in [0.2, 0.25) is 0 Å². The number of ketones is 1. The maximum atomic E-state index is 12.2. The minimum Gasteiger partial charge on any atom is -0.343 e. The second-order valence-electron chi connectivity index (χ2n) is 6.49. The standard InChI is InChI=1S/C16H27NO2/c1-4-17(16(19)8-5-11(2)18)10-15-12(3)13-6-7-14(15)9-13/h12-15H,4-10H2,1-3H3. The fourth-order valence-electron chi connectivity index (χ4n) is 4.12. The molecule has 2 aliphatic carbocycles. The van der Waals surface area contributed by atoms with Gasteiger partial charge in [0.2, 0.25) is 5.91 Å². The van der Waals surface area contributed by atoms with Crippen LogP contribution in [0.1, 0.15) is 52.9 Å². The molecule has 4 unspecified atom stereocenters. The first-order valence-corrected chi connectivity index (χ1v) is 7.80. The predicted octanol–water partition coefficient (Wildman–Crippen LogP) is 2.89. The van der Waals surface area contributed by atoms with Crippen molar-refractivity contribution in [3.05, 3.63) is 0 Å². The summed E-state index contributed by atoms with van der Waals surface area (Å²) in [5, 5.41) is 0. The van der Waals surface area contributed by atoms with E-state index in [0.29, 0.717) is 18.8 Å². The van der Waals surface area contributed by atoms with E-state index in [0.717, 1.165) is 30.8 Å². The van der Waals surface area contributed by atoms with Crippen molar-refractivity contribution in [2.24, 2.45) is 23.7 Å². The van der Waals surface area contributed by atoms with Gasteiger partial charge >= 0.3 is 0 Å². The third-order valence-electron chi connectivity index (χ3n) is 5.39. The van der Waals surface area contributed by atoms with Gasteiger partial charge in [-0.25, -0.2) is 0 Å². The van der Waals surface area contributed by atoms with Crippen LogP contribution in [0.5, 0.6) is 0 Å². The quantitative estimate of drug-likeness (QED) is 0.740. The molecule has 2 rings (SSSR count). The van der Waals surface area contributed by atoms with Crippen molar-refractivity contribution in [1.82, 2.24) is 4.90 Å². The minimum atomic E-state index is 0.109. The molecule has 108 valence electrons. The first-order valence-electron chi connectivity index (χ1n) is 7.80. The second-order valence-corrected chi connectivity index (χ2v) is 6.49. The van der Waals surface area contributed by atoms with E-state index >= 15 is 0 Å². The van der Waals surface area contributed by atoms with Gasteiger partial charge in [-0.15, -0.1) is 0 Å². The molecule has 4 atom stereocenters. The van der Waals surface area contributed by atoms with Crippen molar-refractivity contribution >= 4 is 11.7 Å². The summed E-state index contributed by atoms with van der Waals surface area (Å²) in [6.07, 6.45) is 4.91. The predicted molar refractivity (Wildman–Crippen MR) is 75.7 cm³/mol. The molecule has 0 radical (unpaired) electrons. The Balaban J connectivity index is 1.88. The Kier molecular flexibility index (Phi) is 4.64. The highest BCUT2D eigenvalue weighted by atomic mass is 16.2. The minimum absolute atomic E-state index is 0.109. The van der Waals surface area contributed by atoms with Crippen LogP contribution in [0.25, 0.3) is 0 Å². The van der Waals surface area contributed by atoms with Gasteiger partial charge in [0.05, 0.1) is 0 Å². The molecular formula is C16H27NO2. The lowest BCUT2D eigenvalue weighted by Crippen LogP contribution is -2.39. The average molecular weight is 265 g/mol. The summed E-state index contributed by atoms with van der Waals surface area (Å²) < 4.78 is 0. The zero-order valence-electron chi connectivity index (χ0n) is 12.5. The fraction of sp³-hybridized carbons (Fsp3) is 0.875. The van der Waals surface area contributed by atoms with Crippen molar-refractivity contribution in [2.75, 3.05) is 13.1 Å². The first-order chi connectivity index (χ1) is 9.02. The van der Waals surface area contributed by atoms with Crippen molar-refractivity contribution in [3.63, 3.8) is 0 Å². The van der Waals surface area contributed by atoms with E-state index < -0.39 is 0 Å². The maximum Gasteiger partial charge on any atom is 0.223 e. The Morgan fingerprint density at radius 3 is 2.37 bits per heavy atom. The number of rotatable bonds is 6. The number of carbonyl (C=O) groups is 2. The molecule has 1 amide bonds. The maximum absolute atomic E-state index is 12.2. The van der Waals surface area contributed by atoms with Gasteiger partial charge < -0.3 is 9.69 Å². The Bertz CT molecular complexity index is 351. The van der Waals surface area contributed by atoms with Crippen LogP contribution < -0.4 is 0 Å². The van der Waals surface area contributed by atoms with Crippen molar-refractivity contribution < 1.29 is 9.59 Å². The van der Waals surface area contributed by atoms with Crippen LogP contribution >= 0.6 is 0 Å².